The average Bonchev–Trinajstić information content (AvgIpc) is 2.86. The summed E-state index contributed by atoms with van der Waals surface area (Å²) in [4.78, 5) is 16.2. The summed E-state index contributed by atoms with van der Waals surface area (Å²) in [6, 6.07) is 7.08. The van der Waals surface area contributed by atoms with Crippen LogP contribution in [0, 0.1) is 0 Å². The Morgan fingerprint density at radius 3 is 3.05 bits per heavy atom. The number of imidazole rings is 1. The molecule has 1 aromatic heterocycles. The highest BCUT2D eigenvalue weighted by atomic mass is 35.5. The number of anilines is 1. The first-order valence-electron chi connectivity index (χ1n) is 6.94. The smallest absolute Gasteiger partial charge is 0.244 e. The van der Waals surface area contributed by atoms with Gasteiger partial charge >= 0.3 is 0 Å². The number of benzene rings is 1. The van der Waals surface area contributed by atoms with Crippen LogP contribution in [0.4, 0.5) is 5.69 Å². The Bertz CT molecular complexity index is 597. The fraction of sp³-hybridized carbons (Fsp3) is 0.333. The SMILES string of the molecule is CCCNCc1cn(CC(=O)Nc2cccc(Cl)c2)cn1. The van der Waals surface area contributed by atoms with Crippen molar-refractivity contribution in [1.82, 2.24) is 14.9 Å². The number of carbonyl (C=O) groups is 1. The van der Waals surface area contributed by atoms with Crippen molar-refractivity contribution in [3.8, 4) is 0 Å². The lowest BCUT2D eigenvalue weighted by atomic mass is 10.3. The van der Waals surface area contributed by atoms with Crippen LogP contribution in [-0.2, 0) is 17.9 Å². The molecule has 1 heterocycles. The van der Waals surface area contributed by atoms with Crippen LogP contribution in [0.5, 0.6) is 0 Å². The van der Waals surface area contributed by atoms with Crippen LogP contribution >= 0.6 is 11.6 Å². The summed E-state index contributed by atoms with van der Waals surface area (Å²) in [6.45, 7) is 4.03. The lowest BCUT2D eigenvalue weighted by Crippen LogP contribution is -2.18. The Labute approximate surface area is 129 Å². The first-order chi connectivity index (χ1) is 10.2. The first kappa shape index (κ1) is 15.5. The topological polar surface area (TPSA) is 59.0 Å². The predicted molar refractivity (Wildman–Crippen MR) is 84.3 cm³/mol. The van der Waals surface area contributed by atoms with E-state index in [4.69, 9.17) is 11.6 Å². The lowest BCUT2D eigenvalue weighted by molar-refractivity contribution is -0.116. The predicted octanol–water partition coefficient (Wildman–Crippen LogP) is 2.67. The third kappa shape index (κ3) is 5.21. The van der Waals surface area contributed by atoms with Gasteiger partial charge in [0.05, 0.1) is 12.0 Å². The van der Waals surface area contributed by atoms with Gasteiger partial charge < -0.3 is 15.2 Å². The number of rotatable bonds is 7. The van der Waals surface area contributed by atoms with Gasteiger partial charge in [-0.15, -0.1) is 0 Å². The number of aromatic nitrogens is 2. The second-order valence-electron chi connectivity index (χ2n) is 4.77. The molecule has 0 saturated carbocycles. The van der Waals surface area contributed by atoms with E-state index in [9.17, 15) is 4.79 Å². The third-order valence-corrected chi connectivity index (χ3v) is 3.09. The summed E-state index contributed by atoms with van der Waals surface area (Å²) in [7, 11) is 0. The molecule has 6 heteroatoms. The van der Waals surface area contributed by atoms with Gasteiger partial charge in [-0.1, -0.05) is 24.6 Å². The van der Waals surface area contributed by atoms with Gasteiger partial charge in [-0.25, -0.2) is 4.98 Å². The zero-order valence-corrected chi connectivity index (χ0v) is 12.7. The number of nitrogens with one attached hydrogen (secondary N) is 2. The minimum absolute atomic E-state index is 0.109. The maximum atomic E-state index is 11.9. The zero-order valence-electron chi connectivity index (χ0n) is 12.0. The molecule has 1 aromatic carbocycles. The van der Waals surface area contributed by atoms with E-state index in [0.29, 0.717) is 10.7 Å². The molecular weight excluding hydrogens is 288 g/mol. The van der Waals surface area contributed by atoms with Crippen molar-refractivity contribution in [3.63, 3.8) is 0 Å². The van der Waals surface area contributed by atoms with Crippen LogP contribution in [0.3, 0.4) is 0 Å². The van der Waals surface area contributed by atoms with Crippen LogP contribution in [-0.4, -0.2) is 22.0 Å². The van der Waals surface area contributed by atoms with E-state index in [2.05, 4.69) is 22.5 Å². The highest BCUT2D eigenvalue weighted by Gasteiger charge is 2.05. The molecule has 2 rings (SSSR count). The molecule has 2 N–H and O–H groups in total. The molecular formula is C15H19ClN4O. The quantitative estimate of drug-likeness (QED) is 0.773. The molecule has 0 aliphatic heterocycles. The van der Waals surface area contributed by atoms with Crippen molar-refractivity contribution >= 4 is 23.2 Å². The van der Waals surface area contributed by atoms with Crippen LogP contribution in [0.15, 0.2) is 36.8 Å². The number of halogens is 1. The minimum atomic E-state index is -0.109. The summed E-state index contributed by atoms with van der Waals surface area (Å²) in [5.41, 5.74) is 1.62. The molecule has 0 aliphatic rings. The Hall–Kier alpha value is -1.85. The fourth-order valence-corrected chi connectivity index (χ4v) is 2.10. The van der Waals surface area contributed by atoms with Crippen LogP contribution in [0.2, 0.25) is 5.02 Å². The van der Waals surface area contributed by atoms with Gasteiger partial charge in [-0.2, -0.15) is 0 Å². The highest BCUT2D eigenvalue weighted by molar-refractivity contribution is 6.30. The standard InChI is InChI=1S/C15H19ClN4O/c1-2-6-17-8-14-9-20(11-18-14)10-15(21)19-13-5-3-4-12(16)7-13/h3-5,7,9,11,17H,2,6,8,10H2,1H3,(H,19,21). The van der Waals surface area contributed by atoms with Crippen LogP contribution < -0.4 is 10.6 Å². The van der Waals surface area contributed by atoms with Crippen molar-refractivity contribution in [3.05, 3.63) is 47.5 Å². The molecule has 0 spiro atoms. The third-order valence-electron chi connectivity index (χ3n) is 2.85. The van der Waals surface area contributed by atoms with Crippen LogP contribution in [0.25, 0.3) is 0 Å². The van der Waals surface area contributed by atoms with Gasteiger partial charge in [0.15, 0.2) is 0 Å². The summed E-state index contributed by atoms with van der Waals surface area (Å²) in [5, 5.41) is 6.68. The summed E-state index contributed by atoms with van der Waals surface area (Å²) >= 11 is 5.88. The second-order valence-corrected chi connectivity index (χ2v) is 5.21. The number of nitrogens with zero attached hydrogens (tertiary/aromatic N) is 2. The fourth-order valence-electron chi connectivity index (χ4n) is 1.91. The molecule has 0 unspecified atom stereocenters. The maximum absolute atomic E-state index is 11.9. The first-order valence-corrected chi connectivity index (χ1v) is 7.32. The molecule has 0 radical (unpaired) electrons. The minimum Gasteiger partial charge on any atom is -0.328 e. The molecule has 0 fully saturated rings. The van der Waals surface area contributed by atoms with Gasteiger partial charge in [0.25, 0.3) is 0 Å². The van der Waals surface area contributed by atoms with Crippen molar-refractivity contribution in [2.24, 2.45) is 0 Å². The zero-order chi connectivity index (χ0) is 15.1. The van der Waals surface area contributed by atoms with Crippen molar-refractivity contribution in [2.45, 2.75) is 26.4 Å². The molecule has 2 aromatic rings. The van der Waals surface area contributed by atoms with E-state index in [1.165, 1.54) is 0 Å². The van der Waals surface area contributed by atoms with Gasteiger partial charge in [0, 0.05) is 23.5 Å². The average molecular weight is 307 g/mol. The van der Waals surface area contributed by atoms with E-state index in [1.807, 2.05) is 6.20 Å². The lowest BCUT2D eigenvalue weighted by Gasteiger charge is -2.06. The van der Waals surface area contributed by atoms with E-state index in [1.54, 1.807) is 35.2 Å². The second kappa shape index (κ2) is 7.81. The molecule has 0 atom stereocenters. The molecule has 21 heavy (non-hydrogen) atoms. The molecule has 0 bridgehead atoms. The molecule has 0 aliphatic carbocycles. The van der Waals surface area contributed by atoms with E-state index in [-0.39, 0.29) is 12.5 Å². The molecule has 5 nitrogen and oxygen atoms in total. The van der Waals surface area contributed by atoms with Crippen molar-refractivity contribution < 1.29 is 4.79 Å². The Balaban J connectivity index is 1.85. The van der Waals surface area contributed by atoms with Gasteiger partial charge in [-0.3, -0.25) is 4.79 Å². The number of hydrogen-bond donors (Lipinski definition) is 2. The normalized spacial score (nSPS) is 10.6. The Morgan fingerprint density at radius 1 is 1.43 bits per heavy atom. The van der Waals surface area contributed by atoms with Crippen molar-refractivity contribution in [2.75, 3.05) is 11.9 Å². The van der Waals surface area contributed by atoms with Crippen molar-refractivity contribution in [1.29, 1.82) is 0 Å². The Morgan fingerprint density at radius 2 is 2.29 bits per heavy atom. The molecule has 112 valence electrons. The summed E-state index contributed by atoms with van der Waals surface area (Å²) in [6.07, 6.45) is 4.63. The number of amides is 1. The summed E-state index contributed by atoms with van der Waals surface area (Å²) < 4.78 is 1.77. The van der Waals surface area contributed by atoms with Gasteiger partial charge in [0.1, 0.15) is 6.54 Å². The monoisotopic (exact) mass is 306 g/mol. The Kier molecular flexibility index (Phi) is 5.78. The van der Waals surface area contributed by atoms with Crippen LogP contribution in [0.1, 0.15) is 19.0 Å². The number of hydrogen-bond acceptors (Lipinski definition) is 3. The maximum Gasteiger partial charge on any atom is 0.244 e. The van der Waals surface area contributed by atoms with E-state index < -0.39 is 0 Å². The molecule has 1 amide bonds. The molecule has 0 saturated heterocycles. The van der Waals surface area contributed by atoms with Gasteiger partial charge in [-0.05, 0) is 31.2 Å². The van der Waals surface area contributed by atoms with E-state index >= 15 is 0 Å². The summed E-state index contributed by atoms with van der Waals surface area (Å²) in [5.74, 6) is -0.109. The highest BCUT2D eigenvalue weighted by Crippen LogP contribution is 2.14. The number of carbonyl (C=O) groups excluding carboxylic acids is 1. The van der Waals surface area contributed by atoms with Gasteiger partial charge in [0.2, 0.25) is 5.91 Å². The largest absolute Gasteiger partial charge is 0.328 e. The van der Waals surface area contributed by atoms with E-state index in [0.717, 1.165) is 25.2 Å².